The minimum absolute atomic E-state index is 0. The van der Waals surface area contributed by atoms with Crippen molar-refractivity contribution in [2.24, 2.45) is 5.92 Å². The van der Waals surface area contributed by atoms with Gasteiger partial charge in [-0.05, 0) is 55.9 Å². The summed E-state index contributed by atoms with van der Waals surface area (Å²) in [7, 11) is 0. The number of anilines is 1. The van der Waals surface area contributed by atoms with Crippen LogP contribution in [0.2, 0.25) is 0 Å². The molecule has 0 bridgehead atoms. The summed E-state index contributed by atoms with van der Waals surface area (Å²) >= 11 is 1.77. The highest BCUT2D eigenvalue weighted by molar-refractivity contribution is 7.18. The van der Waals surface area contributed by atoms with Crippen molar-refractivity contribution < 1.29 is 4.39 Å². The Morgan fingerprint density at radius 2 is 1.87 bits per heavy atom. The summed E-state index contributed by atoms with van der Waals surface area (Å²) in [6, 6.07) is 9.85. The van der Waals surface area contributed by atoms with Gasteiger partial charge in [-0.1, -0.05) is 26.0 Å². The number of fused-ring (bicyclic) bond motifs is 1. The molecule has 2 aromatic heterocycles. The number of nitrogens with zero attached hydrogens (tertiary/aromatic N) is 3. The highest BCUT2D eigenvalue weighted by Crippen LogP contribution is 2.31. The van der Waals surface area contributed by atoms with Gasteiger partial charge >= 0.3 is 0 Å². The monoisotopic (exact) mass is 484 g/mol. The zero-order valence-electron chi connectivity index (χ0n) is 18.2. The van der Waals surface area contributed by atoms with Crippen LogP contribution in [0.15, 0.2) is 36.7 Å². The van der Waals surface area contributed by atoms with Crippen LogP contribution in [-0.4, -0.2) is 34.0 Å². The molecule has 1 atom stereocenters. The topological polar surface area (TPSA) is 41.0 Å². The Hall–Kier alpha value is -1.47. The Morgan fingerprint density at radius 3 is 2.55 bits per heavy atom. The maximum absolute atomic E-state index is 13.6. The van der Waals surface area contributed by atoms with Gasteiger partial charge < -0.3 is 5.32 Å². The van der Waals surface area contributed by atoms with E-state index in [-0.39, 0.29) is 36.7 Å². The molecule has 8 heteroatoms. The maximum Gasteiger partial charge on any atom is 0.138 e. The lowest BCUT2D eigenvalue weighted by molar-refractivity contribution is 0.167. The number of nitrogens with one attached hydrogen (secondary N) is 1. The smallest absolute Gasteiger partial charge is 0.138 e. The average molecular weight is 486 g/mol. The molecule has 3 aromatic rings. The van der Waals surface area contributed by atoms with E-state index in [1.54, 1.807) is 29.8 Å². The Balaban J connectivity index is 0.00000171. The summed E-state index contributed by atoms with van der Waals surface area (Å²) in [5, 5.41) is 4.81. The van der Waals surface area contributed by atoms with Crippen molar-refractivity contribution in [2.75, 3.05) is 18.4 Å². The SMILES string of the molecule is CC(C)Cc1cc2c(NC3CCN(C(C)c4cccc(F)c4)CC3)ncnc2s1.Cl.Cl. The first-order chi connectivity index (χ1) is 14.0. The molecule has 3 heterocycles. The van der Waals surface area contributed by atoms with Gasteiger partial charge in [0.05, 0.1) is 5.39 Å². The number of thiophene rings is 1. The Labute approximate surface area is 200 Å². The van der Waals surface area contributed by atoms with Crippen LogP contribution in [0.4, 0.5) is 10.2 Å². The molecular weight excluding hydrogens is 454 g/mol. The van der Waals surface area contributed by atoms with E-state index in [0.29, 0.717) is 12.0 Å². The third-order valence-corrected chi connectivity index (χ3v) is 6.80. The van der Waals surface area contributed by atoms with Crippen molar-refractivity contribution in [1.82, 2.24) is 14.9 Å². The Kier molecular flexibility index (Phi) is 9.49. The van der Waals surface area contributed by atoms with Crippen LogP contribution in [0.1, 0.15) is 50.1 Å². The van der Waals surface area contributed by atoms with Gasteiger partial charge in [-0.15, -0.1) is 36.2 Å². The van der Waals surface area contributed by atoms with Gasteiger partial charge in [0.15, 0.2) is 0 Å². The highest BCUT2D eigenvalue weighted by Gasteiger charge is 2.24. The summed E-state index contributed by atoms with van der Waals surface area (Å²) in [4.78, 5) is 13.9. The van der Waals surface area contributed by atoms with Crippen LogP contribution >= 0.6 is 36.2 Å². The van der Waals surface area contributed by atoms with Crippen molar-refractivity contribution in [3.8, 4) is 0 Å². The molecule has 4 nitrogen and oxygen atoms in total. The average Bonchev–Trinajstić information content (AvgIpc) is 3.11. The molecule has 1 aromatic carbocycles. The molecule has 0 radical (unpaired) electrons. The lowest BCUT2D eigenvalue weighted by Crippen LogP contribution is -2.40. The minimum atomic E-state index is -0.161. The standard InChI is InChI=1S/C23H29FN4S.2ClH/c1-15(2)11-20-13-21-22(25-14-26-23(21)29-20)27-19-7-9-28(10-8-19)16(3)17-5-4-6-18(24)12-17;;/h4-6,12-16,19H,7-11H2,1-3H3,(H,25,26,27);2*1H. The van der Waals surface area contributed by atoms with E-state index in [9.17, 15) is 4.39 Å². The van der Waals surface area contributed by atoms with Crippen molar-refractivity contribution >= 4 is 52.2 Å². The zero-order chi connectivity index (χ0) is 20.4. The third-order valence-electron chi connectivity index (χ3n) is 5.74. The molecule has 0 spiro atoms. The molecule has 170 valence electrons. The Bertz CT molecular complexity index is 973. The predicted molar refractivity (Wildman–Crippen MR) is 133 cm³/mol. The van der Waals surface area contributed by atoms with Gasteiger partial charge in [0.25, 0.3) is 0 Å². The number of piperidine rings is 1. The van der Waals surface area contributed by atoms with Crippen molar-refractivity contribution in [2.45, 2.75) is 52.1 Å². The Morgan fingerprint density at radius 1 is 1.13 bits per heavy atom. The van der Waals surface area contributed by atoms with Gasteiger partial charge in [0.1, 0.15) is 22.8 Å². The first kappa shape index (κ1) is 25.8. The van der Waals surface area contributed by atoms with Crippen LogP contribution in [0.3, 0.4) is 0 Å². The fraction of sp³-hybridized carbons (Fsp3) is 0.478. The van der Waals surface area contributed by atoms with E-state index in [2.05, 4.69) is 47.0 Å². The second-order valence-corrected chi connectivity index (χ2v) is 9.55. The molecule has 0 aliphatic carbocycles. The molecule has 1 aliphatic heterocycles. The van der Waals surface area contributed by atoms with Crippen LogP contribution in [0.25, 0.3) is 10.2 Å². The number of halogens is 3. The third kappa shape index (κ3) is 6.28. The summed E-state index contributed by atoms with van der Waals surface area (Å²) in [6.45, 7) is 8.64. The number of hydrogen-bond acceptors (Lipinski definition) is 5. The van der Waals surface area contributed by atoms with Crippen molar-refractivity contribution in [1.29, 1.82) is 0 Å². The number of hydrogen-bond donors (Lipinski definition) is 1. The van der Waals surface area contributed by atoms with E-state index in [1.165, 1.54) is 10.9 Å². The summed E-state index contributed by atoms with van der Waals surface area (Å²) in [6.07, 6.45) is 4.85. The summed E-state index contributed by atoms with van der Waals surface area (Å²) in [5.74, 6) is 1.43. The lowest BCUT2D eigenvalue weighted by atomic mass is 10.00. The van der Waals surface area contributed by atoms with E-state index in [4.69, 9.17) is 0 Å². The fourth-order valence-corrected chi connectivity index (χ4v) is 5.33. The number of likely N-dealkylation sites (tertiary alicyclic amines) is 1. The van der Waals surface area contributed by atoms with E-state index in [1.807, 2.05) is 6.07 Å². The molecule has 1 N–H and O–H groups in total. The molecule has 1 fully saturated rings. The molecule has 0 saturated carbocycles. The zero-order valence-corrected chi connectivity index (χ0v) is 20.6. The van der Waals surface area contributed by atoms with Crippen LogP contribution < -0.4 is 5.32 Å². The molecule has 31 heavy (non-hydrogen) atoms. The van der Waals surface area contributed by atoms with E-state index >= 15 is 0 Å². The molecule has 4 rings (SSSR count). The normalized spacial score (nSPS) is 16.0. The van der Waals surface area contributed by atoms with Gasteiger partial charge in [-0.2, -0.15) is 0 Å². The quantitative estimate of drug-likeness (QED) is 0.432. The highest BCUT2D eigenvalue weighted by atomic mass is 35.5. The van der Waals surface area contributed by atoms with E-state index < -0.39 is 0 Å². The van der Waals surface area contributed by atoms with Gasteiger partial charge in [0, 0.05) is 30.1 Å². The van der Waals surface area contributed by atoms with Gasteiger partial charge in [0.2, 0.25) is 0 Å². The number of aromatic nitrogens is 2. The van der Waals surface area contributed by atoms with Crippen LogP contribution in [0.5, 0.6) is 0 Å². The molecule has 1 aliphatic rings. The minimum Gasteiger partial charge on any atom is -0.367 e. The van der Waals surface area contributed by atoms with Crippen molar-refractivity contribution in [3.63, 3.8) is 0 Å². The van der Waals surface area contributed by atoms with Gasteiger partial charge in [-0.3, -0.25) is 4.90 Å². The summed E-state index contributed by atoms with van der Waals surface area (Å²) < 4.78 is 13.6. The predicted octanol–water partition coefficient (Wildman–Crippen LogP) is 6.51. The molecular formula is C23H31Cl2FN4S. The van der Waals surface area contributed by atoms with Gasteiger partial charge in [-0.25, -0.2) is 14.4 Å². The summed E-state index contributed by atoms with van der Waals surface area (Å²) in [5.41, 5.74) is 1.05. The molecule has 0 amide bonds. The molecule has 1 saturated heterocycles. The number of benzene rings is 1. The first-order valence-corrected chi connectivity index (χ1v) is 11.3. The maximum atomic E-state index is 13.6. The number of rotatable bonds is 6. The fourth-order valence-electron chi connectivity index (χ4n) is 4.13. The first-order valence-electron chi connectivity index (χ1n) is 10.5. The van der Waals surface area contributed by atoms with Crippen LogP contribution in [-0.2, 0) is 6.42 Å². The lowest BCUT2D eigenvalue weighted by Gasteiger charge is -2.36. The van der Waals surface area contributed by atoms with E-state index in [0.717, 1.165) is 53.9 Å². The largest absolute Gasteiger partial charge is 0.367 e. The van der Waals surface area contributed by atoms with Crippen molar-refractivity contribution in [3.05, 3.63) is 52.9 Å². The second kappa shape index (κ2) is 11.4. The molecule has 1 unspecified atom stereocenters. The van der Waals surface area contributed by atoms with Crippen LogP contribution in [0, 0.1) is 11.7 Å². The second-order valence-electron chi connectivity index (χ2n) is 8.44.